The quantitative estimate of drug-likeness (QED) is 0.375. The van der Waals surface area contributed by atoms with Crippen LogP contribution in [0.3, 0.4) is 0 Å². The van der Waals surface area contributed by atoms with Gasteiger partial charge in [0.05, 0.1) is 17.6 Å². The molecule has 0 aliphatic carbocycles. The second-order valence-corrected chi connectivity index (χ2v) is 7.40. The summed E-state index contributed by atoms with van der Waals surface area (Å²) in [6.45, 7) is -1.43. The van der Waals surface area contributed by atoms with E-state index in [1.54, 1.807) is 30.3 Å². The van der Waals surface area contributed by atoms with Crippen molar-refractivity contribution in [2.24, 2.45) is 0 Å². The van der Waals surface area contributed by atoms with Gasteiger partial charge in [0, 0.05) is 17.5 Å². The summed E-state index contributed by atoms with van der Waals surface area (Å²) in [7, 11) is 1.16. The van der Waals surface area contributed by atoms with Crippen molar-refractivity contribution in [2.45, 2.75) is 13.1 Å². The number of hydrogen-bond donors (Lipinski definition) is 1. The molecular formula is C22H20ClFN4O5. The highest BCUT2D eigenvalue weighted by atomic mass is 35.5. The summed E-state index contributed by atoms with van der Waals surface area (Å²) >= 11 is 5.74. The zero-order valence-electron chi connectivity index (χ0n) is 17.6. The molecule has 0 fully saturated rings. The largest absolute Gasteiger partial charge is 0.468 e. The van der Waals surface area contributed by atoms with Crippen LogP contribution >= 0.6 is 11.6 Å². The molecule has 3 rings (SSSR count). The predicted molar refractivity (Wildman–Crippen MR) is 117 cm³/mol. The van der Waals surface area contributed by atoms with Gasteiger partial charge in [0.25, 0.3) is 0 Å². The lowest BCUT2D eigenvalue weighted by atomic mass is 10.2. The highest BCUT2D eigenvalue weighted by Crippen LogP contribution is 2.18. The van der Waals surface area contributed by atoms with E-state index in [9.17, 15) is 23.6 Å². The maximum Gasteiger partial charge on any atom is 0.325 e. The number of para-hydroxylation sites is 1. The Morgan fingerprint density at radius 2 is 1.94 bits per heavy atom. The van der Waals surface area contributed by atoms with Gasteiger partial charge in [-0.15, -0.1) is 0 Å². The minimum absolute atomic E-state index is 0.0783. The average Bonchev–Trinajstić information content (AvgIpc) is 3.17. The van der Waals surface area contributed by atoms with Crippen molar-refractivity contribution >= 4 is 46.6 Å². The van der Waals surface area contributed by atoms with Crippen LogP contribution in [0.25, 0.3) is 10.9 Å². The van der Waals surface area contributed by atoms with Gasteiger partial charge in [-0.3, -0.25) is 23.9 Å². The number of nitrogens with zero attached hydrogens (tertiary/aromatic N) is 3. The molecule has 11 heteroatoms. The first-order valence-electron chi connectivity index (χ1n) is 9.79. The van der Waals surface area contributed by atoms with Gasteiger partial charge < -0.3 is 15.0 Å². The molecule has 0 unspecified atom stereocenters. The van der Waals surface area contributed by atoms with E-state index in [0.717, 1.165) is 12.0 Å². The Hall–Kier alpha value is -3.79. The number of hydrogen-bond acceptors (Lipinski definition) is 6. The molecule has 33 heavy (non-hydrogen) atoms. The molecule has 0 aliphatic heterocycles. The van der Waals surface area contributed by atoms with E-state index >= 15 is 0 Å². The van der Waals surface area contributed by atoms with Crippen LogP contribution in [-0.4, -0.2) is 58.9 Å². The van der Waals surface area contributed by atoms with Gasteiger partial charge in [0.2, 0.25) is 11.8 Å². The van der Waals surface area contributed by atoms with Crippen LogP contribution in [0.1, 0.15) is 16.1 Å². The lowest BCUT2D eigenvalue weighted by molar-refractivity contribution is -0.148. The van der Waals surface area contributed by atoms with Crippen LogP contribution < -0.4 is 5.32 Å². The first-order valence-corrected chi connectivity index (χ1v) is 10.2. The number of ether oxygens (including phenoxy) is 1. The normalized spacial score (nSPS) is 10.6. The van der Waals surface area contributed by atoms with E-state index in [0.29, 0.717) is 17.2 Å². The summed E-state index contributed by atoms with van der Waals surface area (Å²) in [5.41, 5.74) is 0.886. The summed E-state index contributed by atoms with van der Waals surface area (Å²) in [4.78, 5) is 49.5. The van der Waals surface area contributed by atoms with Crippen LogP contribution in [0.4, 0.5) is 4.39 Å². The van der Waals surface area contributed by atoms with E-state index in [4.69, 9.17) is 11.6 Å². The number of halogens is 2. The molecule has 0 saturated carbocycles. The van der Waals surface area contributed by atoms with Gasteiger partial charge in [0.15, 0.2) is 6.29 Å². The van der Waals surface area contributed by atoms with Crippen molar-refractivity contribution in [2.75, 3.05) is 20.2 Å². The zero-order chi connectivity index (χ0) is 24.0. The standard InChI is InChI=1S/C22H20ClFN4O5/c1-33-21(32)12-27(10-19(30)25-9-14-5-4-7-16(23)22(14)24)20(31)11-28-18-8-3-2-6-15(18)17(13-29)26-28/h2-8,13H,9-12H2,1H3,(H,25,30). The number of carbonyl (C=O) groups is 4. The molecule has 3 aromatic rings. The van der Waals surface area contributed by atoms with Gasteiger partial charge in [-0.25, -0.2) is 4.39 Å². The van der Waals surface area contributed by atoms with Crippen LogP contribution in [0, 0.1) is 5.82 Å². The Morgan fingerprint density at radius 3 is 2.67 bits per heavy atom. The van der Waals surface area contributed by atoms with E-state index in [1.807, 2.05) is 0 Å². The first-order chi connectivity index (χ1) is 15.8. The van der Waals surface area contributed by atoms with Gasteiger partial charge in [-0.2, -0.15) is 5.10 Å². The summed E-state index contributed by atoms with van der Waals surface area (Å²) in [5, 5.41) is 7.12. The molecule has 0 atom stereocenters. The van der Waals surface area contributed by atoms with Crippen molar-refractivity contribution in [1.29, 1.82) is 0 Å². The molecule has 0 aliphatic rings. The highest BCUT2D eigenvalue weighted by Gasteiger charge is 2.23. The maximum atomic E-state index is 14.0. The molecule has 172 valence electrons. The molecule has 0 saturated heterocycles. The topological polar surface area (TPSA) is 111 Å². The first kappa shape index (κ1) is 23.9. The highest BCUT2D eigenvalue weighted by molar-refractivity contribution is 6.30. The maximum absolute atomic E-state index is 14.0. The van der Waals surface area contributed by atoms with Crippen LogP contribution in [0.5, 0.6) is 0 Å². The van der Waals surface area contributed by atoms with Crippen LogP contribution in [0.2, 0.25) is 5.02 Å². The number of fused-ring (bicyclic) bond motifs is 1. The van der Waals surface area contributed by atoms with Gasteiger partial charge in [-0.05, 0) is 12.1 Å². The fourth-order valence-electron chi connectivity index (χ4n) is 3.15. The third-order valence-corrected chi connectivity index (χ3v) is 5.12. The molecule has 1 heterocycles. The van der Waals surface area contributed by atoms with Crippen molar-refractivity contribution in [3.05, 3.63) is 64.6 Å². The van der Waals surface area contributed by atoms with Crippen molar-refractivity contribution in [3.8, 4) is 0 Å². The molecule has 2 amide bonds. The van der Waals surface area contributed by atoms with Crippen LogP contribution in [0.15, 0.2) is 42.5 Å². The van der Waals surface area contributed by atoms with Gasteiger partial charge >= 0.3 is 5.97 Å². The average molecular weight is 475 g/mol. The van der Waals surface area contributed by atoms with E-state index < -0.39 is 36.7 Å². The van der Waals surface area contributed by atoms with E-state index in [1.165, 1.54) is 16.8 Å². The third kappa shape index (κ3) is 5.72. The number of carbonyl (C=O) groups excluding carboxylic acids is 4. The molecule has 1 aromatic heterocycles. The number of esters is 1. The Morgan fingerprint density at radius 1 is 1.18 bits per heavy atom. The molecule has 9 nitrogen and oxygen atoms in total. The third-order valence-electron chi connectivity index (χ3n) is 4.83. The fraction of sp³-hybridized carbons (Fsp3) is 0.227. The number of rotatable bonds is 9. The second-order valence-electron chi connectivity index (χ2n) is 6.99. The number of aromatic nitrogens is 2. The predicted octanol–water partition coefficient (Wildman–Crippen LogP) is 1.96. The molecule has 1 N–H and O–H groups in total. The Kier molecular flexibility index (Phi) is 7.73. The molecular weight excluding hydrogens is 455 g/mol. The minimum atomic E-state index is -0.726. The minimum Gasteiger partial charge on any atom is -0.468 e. The number of amides is 2. The number of methoxy groups -OCH3 is 1. The molecule has 0 bridgehead atoms. The number of nitrogens with one attached hydrogen (secondary N) is 1. The zero-order valence-corrected chi connectivity index (χ0v) is 18.3. The van der Waals surface area contributed by atoms with Crippen LogP contribution in [-0.2, 0) is 32.2 Å². The second kappa shape index (κ2) is 10.7. The summed E-state index contributed by atoms with van der Waals surface area (Å²) < 4.78 is 20.0. The molecule has 0 radical (unpaired) electrons. The fourth-order valence-corrected chi connectivity index (χ4v) is 3.34. The number of aldehydes is 1. The SMILES string of the molecule is COC(=O)CN(CC(=O)NCc1cccc(Cl)c1F)C(=O)Cn1nc(C=O)c2ccccc21. The lowest BCUT2D eigenvalue weighted by Crippen LogP contribution is -2.44. The monoisotopic (exact) mass is 474 g/mol. The van der Waals surface area contributed by atoms with E-state index in [-0.39, 0.29) is 29.4 Å². The summed E-state index contributed by atoms with van der Waals surface area (Å²) in [6.07, 6.45) is 0.581. The smallest absolute Gasteiger partial charge is 0.325 e. The molecule has 0 spiro atoms. The Labute approximate surface area is 193 Å². The van der Waals surface area contributed by atoms with Crippen molar-refractivity contribution < 1.29 is 28.3 Å². The lowest BCUT2D eigenvalue weighted by Gasteiger charge is -2.21. The Balaban J connectivity index is 1.73. The van der Waals surface area contributed by atoms with Crippen molar-refractivity contribution in [3.63, 3.8) is 0 Å². The van der Waals surface area contributed by atoms with Gasteiger partial charge in [-0.1, -0.05) is 41.9 Å². The summed E-state index contributed by atoms with van der Waals surface area (Å²) in [5.74, 6) is -2.60. The number of benzene rings is 2. The van der Waals surface area contributed by atoms with Crippen molar-refractivity contribution in [1.82, 2.24) is 20.0 Å². The summed E-state index contributed by atoms with van der Waals surface area (Å²) in [6, 6.07) is 11.2. The molecule has 2 aromatic carbocycles. The van der Waals surface area contributed by atoms with Gasteiger partial charge in [0.1, 0.15) is 31.1 Å². The van der Waals surface area contributed by atoms with E-state index in [2.05, 4.69) is 15.2 Å². The Bertz CT molecular complexity index is 1210.